The lowest BCUT2D eigenvalue weighted by Gasteiger charge is -2.11. The van der Waals surface area contributed by atoms with Gasteiger partial charge in [0.15, 0.2) is 5.69 Å². The van der Waals surface area contributed by atoms with Crippen LogP contribution in [0.2, 0.25) is 0 Å². The van der Waals surface area contributed by atoms with E-state index in [2.05, 4.69) is 9.97 Å². The molecular weight excluding hydrogens is 378 g/mol. The molecule has 0 saturated heterocycles. The Morgan fingerprint density at radius 2 is 1.79 bits per heavy atom. The number of carbonyl (C=O) groups is 2. The number of carbonyl (C=O) groups excluding carboxylic acids is 2. The SMILES string of the molecule is CC(COC(=O)c1ccccc1OC(=O)c1ccccc1)c1c[nH]c([N+](=O)[O-])n1. The summed E-state index contributed by atoms with van der Waals surface area (Å²) in [4.78, 5) is 41.1. The number of para-hydroxylation sites is 1. The Morgan fingerprint density at radius 1 is 1.10 bits per heavy atom. The highest BCUT2D eigenvalue weighted by atomic mass is 16.6. The zero-order valence-electron chi connectivity index (χ0n) is 15.4. The van der Waals surface area contributed by atoms with Crippen molar-refractivity contribution in [2.24, 2.45) is 0 Å². The summed E-state index contributed by atoms with van der Waals surface area (Å²) < 4.78 is 10.6. The van der Waals surface area contributed by atoms with Crippen LogP contribution in [0.5, 0.6) is 5.75 Å². The predicted molar refractivity (Wildman–Crippen MR) is 102 cm³/mol. The maximum absolute atomic E-state index is 12.5. The van der Waals surface area contributed by atoms with Gasteiger partial charge in [0.1, 0.15) is 24.1 Å². The number of hydrogen-bond donors (Lipinski definition) is 1. The topological polar surface area (TPSA) is 124 Å². The molecule has 0 saturated carbocycles. The molecule has 0 bridgehead atoms. The molecule has 3 aromatic rings. The summed E-state index contributed by atoms with van der Waals surface area (Å²) in [5.41, 5.74) is 0.842. The molecule has 9 heteroatoms. The summed E-state index contributed by atoms with van der Waals surface area (Å²) in [7, 11) is 0. The Morgan fingerprint density at radius 3 is 2.48 bits per heavy atom. The molecule has 1 unspecified atom stereocenters. The van der Waals surface area contributed by atoms with Crippen LogP contribution in [-0.2, 0) is 4.74 Å². The number of aromatic nitrogens is 2. The smallest absolute Gasteiger partial charge is 0.432 e. The highest BCUT2D eigenvalue weighted by molar-refractivity contribution is 5.96. The van der Waals surface area contributed by atoms with Crippen molar-refractivity contribution < 1.29 is 24.0 Å². The van der Waals surface area contributed by atoms with Crippen molar-refractivity contribution in [2.45, 2.75) is 12.8 Å². The number of rotatable bonds is 7. The minimum Gasteiger partial charge on any atom is -0.461 e. The monoisotopic (exact) mass is 395 g/mol. The number of benzene rings is 2. The van der Waals surface area contributed by atoms with Crippen LogP contribution in [0, 0.1) is 10.1 Å². The van der Waals surface area contributed by atoms with Crippen molar-refractivity contribution in [3.8, 4) is 5.75 Å². The van der Waals surface area contributed by atoms with Gasteiger partial charge in [0, 0.05) is 0 Å². The number of nitrogens with one attached hydrogen (secondary N) is 1. The lowest BCUT2D eigenvalue weighted by molar-refractivity contribution is -0.393. The third-order valence-electron chi connectivity index (χ3n) is 4.05. The number of esters is 2. The molecule has 1 aromatic heterocycles. The summed E-state index contributed by atoms with van der Waals surface area (Å²) in [6.07, 6.45) is 1.40. The maximum atomic E-state index is 12.5. The number of imidazole rings is 1. The summed E-state index contributed by atoms with van der Waals surface area (Å²) in [6.45, 7) is 1.66. The van der Waals surface area contributed by atoms with Crippen molar-refractivity contribution in [2.75, 3.05) is 6.61 Å². The number of ether oxygens (including phenoxy) is 2. The molecule has 29 heavy (non-hydrogen) atoms. The quantitative estimate of drug-likeness (QED) is 0.281. The molecule has 0 aliphatic carbocycles. The van der Waals surface area contributed by atoms with E-state index in [0.717, 1.165) is 0 Å². The van der Waals surface area contributed by atoms with E-state index in [1.807, 2.05) is 0 Å². The van der Waals surface area contributed by atoms with E-state index < -0.39 is 16.9 Å². The lowest BCUT2D eigenvalue weighted by atomic mass is 10.1. The number of hydrogen-bond acceptors (Lipinski definition) is 7. The van der Waals surface area contributed by atoms with Gasteiger partial charge in [0.2, 0.25) is 0 Å². The van der Waals surface area contributed by atoms with E-state index in [1.54, 1.807) is 49.4 Å². The molecule has 0 aliphatic rings. The average Bonchev–Trinajstić information content (AvgIpc) is 3.23. The van der Waals surface area contributed by atoms with Crippen LogP contribution >= 0.6 is 0 Å². The molecule has 148 valence electrons. The van der Waals surface area contributed by atoms with Crippen molar-refractivity contribution in [1.29, 1.82) is 0 Å². The second kappa shape index (κ2) is 8.79. The fourth-order valence-corrected chi connectivity index (χ4v) is 2.49. The van der Waals surface area contributed by atoms with Gasteiger partial charge in [-0.1, -0.05) is 42.2 Å². The van der Waals surface area contributed by atoms with Crippen LogP contribution in [0.3, 0.4) is 0 Å². The number of H-pyrrole nitrogens is 1. The molecular formula is C20H17N3O6. The van der Waals surface area contributed by atoms with Gasteiger partial charge in [0.05, 0.1) is 11.5 Å². The summed E-state index contributed by atoms with van der Waals surface area (Å²) >= 11 is 0. The van der Waals surface area contributed by atoms with Gasteiger partial charge < -0.3 is 19.6 Å². The summed E-state index contributed by atoms with van der Waals surface area (Å²) in [5.74, 6) is -1.95. The lowest BCUT2D eigenvalue weighted by Crippen LogP contribution is -2.15. The highest BCUT2D eigenvalue weighted by Crippen LogP contribution is 2.22. The van der Waals surface area contributed by atoms with E-state index in [0.29, 0.717) is 11.3 Å². The molecule has 0 amide bonds. The van der Waals surface area contributed by atoms with Gasteiger partial charge in [-0.15, -0.1) is 0 Å². The van der Waals surface area contributed by atoms with E-state index in [1.165, 1.54) is 18.3 Å². The molecule has 1 atom stereocenters. The number of aromatic amines is 1. The maximum Gasteiger partial charge on any atom is 0.432 e. The van der Waals surface area contributed by atoms with Gasteiger partial charge in [-0.2, -0.15) is 0 Å². The largest absolute Gasteiger partial charge is 0.461 e. The average molecular weight is 395 g/mol. The first-order valence-electron chi connectivity index (χ1n) is 8.68. The molecule has 2 aromatic carbocycles. The molecule has 3 rings (SSSR count). The minimum atomic E-state index is -0.682. The molecule has 9 nitrogen and oxygen atoms in total. The Balaban J connectivity index is 1.66. The number of nitrogens with zero attached hydrogens (tertiary/aromatic N) is 2. The van der Waals surface area contributed by atoms with Crippen LogP contribution in [0.25, 0.3) is 0 Å². The first kappa shape index (κ1) is 19.7. The summed E-state index contributed by atoms with van der Waals surface area (Å²) in [5, 5.41) is 10.7. The molecule has 0 aliphatic heterocycles. The molecule has 0 spiro atoms. The van der Waals surface area contributed by atoms with Crippen LogP contribution < -0.4 is 4.74 Å². The first-order valence-corrected chi connectivity index (χ1v) is 8.68. The molecule has 0 fully saturated rings. The fraction of sp³-hybridized carbons (Fsp3) is 0.150. The third-order valence-corrected chi connectivity index (χ3v) is 4.05. The van der Waals surface area contributed by atoms with Gasteiger partial charge in [-0.25, -0.2) is 14.6 Å². The van der Waals surface area contributed by atoms with E-state index in [4.69, 9.17) is 9.47 Å². The zero-order chi connectivity index (χ0) is 20.8. The van der Waals surface area contributed by atoms with Crippen molar-refractivity contribution in [3.05, 3.63) is 87.7 Å². The van der Waals surface area contributed by atoms with Crippen LogP contribution in [0.15, 0.2) is 60.8 Å². The van der Waals surface area contributed by atoms with E-state index in [9.17, 15) is 19.7 Å². The van der Waals surface area contributed by atoms with Crippen molar-refractivity contribution >= 4 is 17.9 Å². The van der Waals surface area contributed by atoms with Gasteiger partial charge in [-0.05, 0) is 29.2 Å². The second-order valence-electron chi connectivity index (χ2n) is 6.16. The standard InChI is InChI=1S/C20H17N3O6/c1-13(16-11-21-20(22-16)23(26)27)12-28-19(25)15-9-5-6-10-17(15)29-18(24)14-7-3-2-4-8-14/h2-11,13H,12H2,1H3,(H,21,22). The normalized spacial score (nSPS) is 11.5. The van der Waals surface area contributed by atoms with E-state index in [-0.39, 0.29) is 29.8 Å². The van der Waals surface area contributed by atoms with Gasteiger partial charge in [-0.3, -0.25) is 0 Å². The van der Waals surface area contributed by atoms with Crippen LogP contribution in [0.4, 0.5) is 5.95 Å². The molecule has 0 radical (unpaired) electrons. The third kappa shape index (κ3) is 4.83. The summed E-state index contributed by atoms with van der Waals surface area (Å²) in [6, 6.07) is 14.6. The fourth-order valence-electron chi connectivity index (χ4n) is 2.49. The predicted octanol–water partition coefficient (Wildman–Crippen LogP) is 3.50. The van der Waals surface area contributed by atoms with Gasteiger partial charge >= 0.3 is 17.9 Å². The Labute approximate surface area is 165 Å². The highest BCUT2D eigenvalue weighted by Gasteiger charge is 2.21. The molecule has 1 heterocycles. The van der Waals surface area contributed by atoms with Crippen LogP contribution in [-0.4, -0.2) is 33.4 Å². The van der Waals surface area contributed by atoms with Gasteiger partial charge in [0.25, 0.3) is 0 Å². The molecule has 1 N–H and O–H groups in total. The number of nitro groups is 1. The Bertz CT molecular complexity index is 1030. The first-order chi connectivity index (χ1) is 14.0. The van der Waals surface area contributed by atoms with Crippen molar-refractivity contribution in [3.63, 3.8) is 0 Å². The second-order valence-corrected chi connectivity index (χ2v) is 6.16. The zero-order valence-corrected chi connectivity index (χ0v) is 15.4. The van der Waals surface area contributed by atoms with Crippen molar-refractivity contribution in [1.82, 2.24) is 9.97 Å². The Hall–Kier alpha value is -4.01. The van der Waals surface area contributed by atoms with E-state index >= 15 is 0 Å². The minimum absolute atomic E-state index is 0.0538. The Kier molecular flexibility index (Phi) is 5.98. The van der Waals surface area contributed by atoms with Crippen LogP contribution in [0.1, 0.15) is 39.3 Å².